The van der Waals surface area contributed by atoms with Crippen LogP contribution in [-0.2, 0) is 20.4 Å². The topological polar surface area (TPSA) is 97.9 Å². The largest absolute Gasteiger partial charge is 0.458 e. The van der Waals surface area contributed by atoms with Crippen molar-refractivity contribution in [1.29, 1.82) is 0 Å². The van der Waals surface area contributed by atoms with Crippen molar-refractivity contribution in [1.82, 2.24) is 9.97 Å². The summed E-state index contributed by atoms with van der Waals surface area (Å²) in [7, 11) is 0. The van der Waals surface area contributed by atoms with Gasteiger partial charge in [0.15, 0.2) is 11.4 Å². The van der Waals surface area contributed by atoms with Crippen molar-refractivity contribution in [2.75, 3.05) is 18.1 Å². The van der Waals surface area contributed by atoms with E-state index in [1.54, 1.807) is 45.0 Å². The van der Waals surface area contributed by atoms with Crippen molar-refractivity contribution < 1.29 is 32.6 Å². The first kappa shape index (κ1) is 23.1. The second-order valence-corrected chi connectivity index (χ2v) is 8.85. The Morgan fingerprint density at radius 2 is 2.06 bits per heavy atom. The molecule has 8 nitrogen and oxygen atoms in total. The van der Waals surface area contributed by atoms with Gasteiger partial charge >= 0.3 is 12.1 Å². The van der Waals surface area contributed by atoms with Crippen molar-refractivity contribution in [2.24, 2.45) is 0 Å². The minimum atomic E-state index is -3.82. The number of carbonyl (C=O) groups excluding carboxylic acids is 1. The number of carbonyl (C=O) groups is 1. The number of alkyl halides is 2. The molecule has 0 aliphatic carbocycles. The third kappa shape index (κ3) is 4.53. The molecule has 176 valence electrons. The van der Waals surface area contributed by atoms with E-state index in [1.165, 1.54) is 11.0 Å². The molecule has 33 heavy (non-hydrogen) atoms. The zero-order valence-electron chi connectivity index (χ0n) is 18.5. The molecule has 2 atom stereocenters. The number of halogens is 2. The number of aliphatic hydroxyl groups excluding tert-OH is 1. The normalized spacial score (nSPS) is 19.4. The van der Waals surface area contributed by atoms with Gasteiger partial charge in [-0.05, 0) is 32.9 Å². The maximum atomic E-state index is 14.8. The lowest BCUT2D eigenvalue weighted by Gasteiger charge is -2.28. The molecule has 0 unspecified atom stereocenters. The van der Waals surface area contributed by atoms with Gasteiger partial charge in [0.2, 0.25) is 5.82 Å². The molecule has 1 aromatic carbocycles. The molecule has 0 amide bonds. The Balaban J connectivity index is 1.89. The molecule has 3 aromatic rings. The summed E-state index contributed by atoms with van der Waals surface area (Å²) in [5, 5.41) is 10.8. The van der Waals surface area contributed by atoms with Crippen LogP contribution in [0.2, 0.25) is 0 Å². The van der Waals surface area contributed by atoms with E-state index < -0.39 is 42.3 Å². The summed E-state index contributed by atoms with van der Waals surface area (Å²) in [4.78, 5) is 22.4. The predicted molar refractivity (Wildman–Crippen MR) is 117 cm³/mol. The highest BCUT2D eigenvalue weighted by Crippen LogP contribution is 2.39. The van der Waals surface area contributed by atoms with Crippen molar-refractivity contribution in [3.63, 3.8) is 0 Å². The number of furan rings is 1. The number of nitrogens with zero attached hydrogens (tertiary/aromatic N) is 3. The van der Waals surface area contributed by atoms with Crippen LogP contribution in [0.25, 0.3) is 22.1 Å². The summed E-state index contributed by atoms with van der Waals surface area (Å²) >= 11 is 0. The van der Waals surface area contributed by atoms with Gasteiger partial charge in [-0.25, -0.2) is 14.8 Å². The average Bonchev–Trinajstić information content (AvgIpc) is 3.31. The molecule has 0 spiro atoms. The van der Waals surface area contributed by atoms with E-state index in [0.29, 0.717) is 11.0 Å². The Bertz CT molecular complexity index is 1200. The lowest BCUT2D eigenvalue weighted by Crippen LogP contribution is -2.41. The summed E-state index contributed by atoms with van der Waals surface area (Å²) in [6.45, 7) is 8.11. The second-order valence-electron chi connectivity index (χ2n) is 8.85. The van der Waals surface area contributed by atoms with Gasteiger partial charge in [-0.2, -0.15) is 8.78 Å². The molecule has 10 heteroatoms. The van der Waals surface area contributed by atoms with Gasteiger partial charge < -0.3 is 23.9 Å². The number of rotatable bonds is 6. The Hall–Kier alpha value is -3.11. The molecule has 0 radical (unpaired) electrons. The molecule has 1 aliphatic heterocycles. The monoisotopic (exact) mass is 461 g/mol. The third-order valence-electron chi connectivity index (χ3n) is 5.07. The van der Waals surface area contributed by atoms with Crippen LogP contribution in [0.4, 0.5) is 14.6 Å². The summed E-state index contributed by atoms with van der Waals surface area (Å²) in [6.07, 6.45) is -3.47. The van der Waals surface area contributed by atoms with E-state index in [1.807, 2.05) is 0 Å². The number of hydrogen-bond acceptors (Lipinski definition) is 8. The first-order valence-electron chi connectivity index (χ1n) is 10.5. The van der Waals surface area contributed by atoms with Gasteiger partial charge in [-0.15, -0.1) is 6.58 Å². The van der Waals surface area contributed by atoms with Crippen LogP contribution in [0.3, 0.4) is 0 Å². The zero-order chi connectivity index (χ0) is 24.0. The van der Waals surface area contributed by atoms with E-state index >= 15 is 0 Å². The lowest BCUT2D eigenvalue weighted by molar-refractivity contribution is -0.247. The van der Waals surface area contributed by atoms with Crippen molar-refractivity contribution in [3.05, 3.63) is 42.7 Å². The van der Waals surface area contributed by atoms with Crippen LogP contribution in [0, 0.1) is 0 Å². The first-order valence-corrected chi connectivity index (χ1v) is 10.5. The lowest BCUT2D eigenvalue weighted by atomic mass is 10.1. The molecule has 1 fully saturated rings. The van der Waals surface area contributed by atoms with Gasteiger partial charge in [0, 0.05) is 18.4 Å². The number of aliphatic hydroxyl groups is 1. The molecular formula is C23H25F2N3O5. The zero-order valence-corrected chi connectivity index (χ0v) is 18.5. The summed E-state index contributed by atoms with van der Waals surface area (Å²) < 4.78 is 45.6. The predicted octanol–water partition coefficient (Wildman–Crippen LogP) is 3.91. The number of para-hydroxylation sites is 1. The first-order chi connectivity index (χ1) is 15.5. The highest BCUT2D eigenvalue weighted by atomic mass is 19.3. The maximum Gasteiger partial charge on any atom is 0.418 e. The molecule has 1 aliphatic rings. The third-order valence-corrected chi connectivity index (χ3v) is 5.07. The molecule has 3 heterocycles. The molecule has 4 rings (SSSR count). The molecule has 0 saturated carbocycles. The van der Waals surface area contributed by atoms with E-state index in [0.717, 1.165) is 0 Å². The number of anilines is 1. The Kier molecular flexibility index (Phi) is 5.83. The quantitative estimate of drug-likeness (QED) is 0.436. The summed E-state index contributed by atoms with van der Waals surface area (Å²) in [5.41, 5.74) is -0.0732. The number of benzene rings is 1. The fraction of sp³-hybridized carbons (Fsp3) is 0.435. The SMILES string of the molecule is C=CCOC(F)(F)c1nc(N2C[C@@H](O)C[C@H]2C(=O)OC(C)(C)C)c2oc3ccccc3c2n1. The van der Waals surface area contributed by atoms with Crippen molar-refractivity contribution in [2.45, 2.75) is 51.0 Å². The number of ether oxygens (including phenoxy) is 2. The van der Waals surface area contributed by atoms with Gasteiger partial charge in [0.25, 0.3) is 0 Å². The summed E-state index contributed by atoms with van der Waals surface area (Å²) in [6, 6.07) is 5.89. The van der Waals surface area contributed by atoms with Gasteiger partial charge in [-0.1, -0.05) is 18.2 Å². The highest BCUT2D eigenvalue weighted by molar-refractivity contribution is 6.06. The van der Waals surface area contributed by atoms with E-state index in [2.05, 4.69) is 21.3 Å². The Morgan fingerprint density at radius 3 is 2.76 bits per heavy atom. The maximum absolute atomic E-state index is 14.8. The van der Waals surface area contributed by atoms with Crippen molar-refractivity contribution >= 4 is 33.9 Å². The average molecular weight is 461 g/mol. The Morgan fingerprint density at radius 1 is 1.33 bits per heavy atom. The second kappa shape index (κ2) is 8.35. The van der Waals surface area contributed by atoms with Gasteiger partial charge in [0.1, 0.15) is 22.7 Å². The highest BCUT2D eigenvalue weighted by Gasteiger charge is 2.43. The van der Waals surface area contributed by atoms with Crippen molar-refractivity contribution in [3.8, 4) is 0 Å². The van der Waals surface area contributed by atoms with E-state index in [9.17, 15) is 18.7 Å². The van der Waals surface area contributed by atoms with Gasteiger partial charge in [0.05, 0.1) is 12.7 Å². The van der Waals surface area contributed by atoms with Crippen LogP contribution >= 0.6 is 0 Å². The fourth-order valence-corrected chi connectivity index (χ4v) is 3.77. The van der Waals surface area contributed by atoms with Crippen LogP contribution in [0.1, 0.15) is 33.0 Å². The number of esters is 1. The molecule has 1 N–H and O–H groups in total. The number of aromatic nitrogens is 2. The molecule has 1 saturated heterocycles. The minimum absolute atomic E-state index is 0.0222. The smallest absolute Gasteiger partial charge is 0.418 e. The molecular weight excluding hydrogens is 436 g/mol. The van der Waals surface area contributed by atoms with E-state index in [4.69, 9.17) is 9.15 Å². The van der Waals surface area contributed by atoms with Crippen LogP contribution in [0.15, 0.2) is 41.3 Å². The fourth-order valence-electron chi connectivity index (χ4n) is 3.77. The Labute approximate surface area is 188 Å². The number of fused-ring (bicyclic) bond motifs is 3. The molecule has 2 aromatic heterocycles. The van der Waals surface area contributed by atoms with Crippen LogP contribution in [0.5, 0.6) is 0 Å². The van der Waals surface area contributed by atoms with E-state index in [-0.39, 0.29) is 29.9 Å². The number of hydrogen-bond donors (Lipinski definition) is 1. The standard InChI is InChI=1S/C23H25F2N3O5/c1-5-10-31-23(24,25)21-26-17-14-8-6-7-9-16(14)32-18(17)19(27-21)28-12-13(29)11-15(28)20(30)33-22(2,3)4/h5-9,13,15,29H,1,10-12H2,2-4H3/t13-,15-/m0/s1. The van der Waals surface area contributed by atoms with Crippen LogP contribution < -0.4 is 4.90 Å². The van der Waals surface area contributed by atoms with Gasteiger partial charge in [-0.3, -0.25) is 0 Å². The van der Waals surface area contributed by atoms with Crippen LogP contribution in [-0.4, -0.2) is 51.9 Å². The number of β-amino-alcohol motifs (C(OH)–C–C–N with tert-alkyl or cyclic N) is 1. The minimum Gasteiger partial charge on any atom is -0.458 e. The molecule has 0 bridgehead atoms. The summed E-state index contributed by atoms with van der Waals surface area (Å²) in [5.74, 6) is -1.53.